The van der Waals surface area contributed by atoms with Crippen molar-refractivity contribution in [2.24, 2.45) is 5.92 Å². The average Bonchev–Trinajstić information content (AvgIpc) is 2.93. The topological polar surface area (TPSA) is 79.3 Å². The Morgan fingerprint density at radius 1 is 1.38 bits per heavy atom. The number of halogens is 1. The summed E-state index contributed by atoms with van der Waals surface area (Å²) in [6.45, 7) is 5.28. The number of hydrogen-bond donors (Lipinski definition) is 2. The number of aromatic nitrogens is 1. The number of carbonyl (C=O) groups excluding carboxylic acids is 1. The van der Waals surface area contributed by atoms with E-state index in [4.69, 9.17) is 0 Å². The first kappa shape index (κ1) is 18.1. The first-order chi connectivity index (χ1) is 11.3. The van der Waals surface area contributed by atoms with E-state index in [1.807, 2.05) is 6.92 Å². The van der Waals surface area contributed by atoms with E-state index in [0.29, 0.717) is 27.6 Å². The molecule has 0 aliphatic carbocycles. The Morgan fingerprint density at radius 3 is 2.62 bits per heavy atom. The number of carboxylic acid groups (broad SMARTS) is 1. The molecule has 1 aromatic carbocycles. The van der Waals surface area contributed by atoms with Crippen LogP contribution in [0.4, 0.5) is 4.39 Å². The number of nitrogens with zero attached hydrogens (tertiary/aromatic N) is 1. The fourth-order valence-electron chi connectivity index (χ4n) is 2.25. The van der Waals surface area contributed by atoms with Crippen LogP contribution in [0.5, 0.6) is 0 Å². The van der Waals surface area contributed by atoms with E-state index >= 15 is 0 Å². The Balaban J connectivity index is 2.28. The highest BCUT2D eigenvalue weighted by Crippen LogP contribution is 2.29. The van der Waals surface area contributed by atoms with E-state index in [9.17, 15) is 19.1 Å². The molecule has 2 rings (SSSR count). The van der Waals surface area contributed by atoms with Gasteiger partial charge in [-0.25, -0.2) is 14.2 Å². The van der Waals surface area contributed by atoms with Crippen LogP contribution in [-0.4, -0.2) is 28.0 Å². The molecule has 0 unspecified atom stereocenters. The van der Waals surface area contributed by atoms with E-state index in [0.717, 1.165) is 11.3 Å². The van der Waals surface area contributed by atoms with Crippen LogP contribution in [0.2, 0.25) is 0 Å². The Kier molecular flexibility index (Phi) is 5.66. The Bertz CT molecular complexity index is 760. The van der Waals surface area contributed by atoms with Crippen molar-refractivity contribution in [3.05, 3.63) is 40.7 Å². The summed E-state index contributed by atoms with van der Waals surface area (Å²) in [7, 11) is 0. The molecule has 0 saturated carbocycles. The lowest BCUT2D eigenvalue weighted by atomic mass is 9.99. The summed E-state index contributed by atoms with van der Waals surface area (Å²) in [4.78, 5) is 28.3. The smallest absolute Gasteiger partial charge is 0.326 e. The largest absolute Gasteiger partial charge is 0.480 e. The summed E-state index contributed by atoms with van der Waals surface area (Å²) in [5, 5.41) is 12.2. The van der Waals surface area contributed by atoms with E-state index in [1.165, 1.54) is 6.07 Å². The predicted octanol–water partition coefficient (Wildman–Crippen LogP) is 3.49. The molecule has 1 heterocycles. The SMILES string of the molecule is CC[C@@H](C)[C@H](NC(=O)c1sc(-c2ccccc2F)nc1C)C(=O)O. The Hall–Kier alpha value is -2.28. The van der Waals surface area contributed by atoms with Crippen molar-refractivity contribution in [2.75, 3.05) is 0 Å². The Morgan fingerprint density at radius 2 is 2.04 bits per heavy atom. The van der Waals surface area contributed by atoms with E-state index in [1.54, 1.807) is 32.0 Å². The van der Waals surface area contributed by atoms with Crippen molar-refractivity contribution in [3.8, 4) is 10.6 Å². The number of amides is 1. The fraction of sp³-hybridized carbons (Fsp3) is 0.353. The van der Waals surface area contributed by atoms with Crippen LogP contribution in [-0.2, 0) is 4.79 Å². The second-order valence-corrected chi connectivity index (χ2v) is 6.59. The van der Waals surface area contributed by atoms with Gasteiger partial charge in [-0.05, 0) is 25.0 Å². The minimum Gasteiger partial charge on any atom is -0.480 e. The minimum atomic E-state index is -1.07. The third-order valence-corrected chi connectivity index (χ3v) is 5.06. The lowest BCUT2D eigenvalue weighted by Crippen LogP contribution is -2.44. The number of aryl methyl sites for hydroxylation is 1. The van der Waals surface area contributed by atoms with Crippen molar-refractivity contribution in [2.45, 2.75) is 33.2 Å². The predicted molar refractivity (Wildman–Crippen MR) is 90.6 cm³/mol. The number of carbonyl (C=O) groups is 2. The normalized spacial score (nSPS) is 13.3. The van der Waals surface area contributed by atoms with Crippen LogP contribution >= 0.6 is 11.3 Å². The van der Waals surface area contributed by atoms with Gasteiger partial charge in [-0.3, -0.25) is 4.79 Å². The molecule has 0 aliphatic heterocycles. The van der Waals surface area contributed by atoms with Crippen LogP contribution in [0.15, 0.2) is 24.3 Å². The second kappa shape index (κ2) is 7.53. The van der Waals surface area contributed by atoms with Crippen molar-refractivity contribution in [1.29, 1.82) is 0 Å². The van der Waals surface area contributed by atoms with Gasteiger partial charge in [0.05, 0.1) is 5.69 Å². The van der Waals surface area contributed by atoms with Gasteiger partial charge in [-0.2, -0.15) is 0 Å². The molecule has 7 heteroatoms. The monoisotopic (exact) mass is 350 g/mol. The third kappa shape index (κ3) is 3.79. The lowest BCUT2D eigenvalue weighted by Gasteiger charge is -2.19. The first-order valence-corrected chi connectivity index (χ1v) is 8.42. The van der Waals surface area contributed by atoms with Gasteiger partial charge in [0.25, 0.3) is 5.91 Å². The van der Waals surface area contributed by atoms with Crippen LogP contribution < -0.4 is 5.32 Å². The number of rotatable bonds is 6. The summed E-state index contributed by atoms with van der Waals surface area (Å²) < 4.78 is 13.9. The molecular weight excluding hydrogens is 331 g/mol. The van der Waals surface area contributed by atoms with Crippen molar-refractivity contribution >= 4 is 23.2 Å². The molecule has 24 heavy (non-hydrogen) atoms. The molecule has 2 atom stereocenters. The van der Waals surface area contributed by atoms with Crippen LogP contribution in [0.25, 0.3) is 10.6 Å². The number of benzene rings is 1. The van der Waals surface area contributed by atoms with Crippen molar-refractivity contribution in [1.82, 2.24) is 10.3 Å². The van der Waals surface area contributed by atoms with Gasteiger partial charge in [0, 0.05) is 5.56 Å². The molecule has 128 valence electrons. The standard InChI is InChI=1S/C17H19FN2O3S/c1-4-9(2)13(17(22)23)20-15(21)14-10(3)19-16(24-14)11-7-5-6-8-12(11)18/h5-9,13H,4H2,1-3H3,(H,20,21)(H,22,23)/t9-,13+/m1/s1. The molecular formula is C17H19FN2O3S. The molecule has 0 radical (unpaired) electrons. The van der Waals surface area contributed by atoms with Gasteiger partial charge >= 0.3 is 5.97 Å². The van der Waals surface area contributed by atoms with Crippen LogP contribution in [0.3, 0.4) is 0 Å². The van der Waals surface area contributed by atoms with E-state index in [2.05, 4.69) is 10.3 Å². The molecule has 0 aliphatic rings. The molecule has 0 fully saturated rings. The highest BCUT2D eigenvalue weighted by Gasteiger charge is 2.27. The summed E-state index contributed by atoms with van der Waals surface area (Å²) in [5.74, 6) is -2.19. The maximum atomic E-state index is 13.9. The highest BCUT2D eigenvalue weighted by molar-refractivity contribution is 7.17. The molecule has 0 saturated heterocycles. The zero-order valence-corrected chi connectivity index (χ0v) is 14.5. The van der Waals surface area contributed by atoms with Gasteiger partial charge in [0.1, 0.15) is 21.7 Å². The van der Waals surface area contributed by atoms with Crippen LogP contribution in [0, 0.1) is 18.7 Å². The van der Waals surface area contributed by atoms with Gasteiger partial charge in [0.15, 0.2) is 0 Å². The van der Waals surface area contributed by atoms with E-state index in [-0.39, 0.29) is 5.92 Å². The summed E-state index contributed by atoms with van der Waals surface area (Å²) in [6.07, 6.45) is 0.624. The Labute approximate surface area is 143 Å². The highest BCUT2D eigenvalue weighted by atomic mass is 32.1. The molecule has 1 aromatic heterocycles. The maximum absolute atomic E-state index is 13.9. The number of carboxylic acids is 1. The number of thiazole rings is 1. The van der Waals surface area contributed by atoms with Gasteiger partial charge in [-0.15, -0.1) is 11.3 Å². The minimum absolute atomic E-state index is 0.203. The van der Waals surface area contributed by atoms with Crippen LogP contribution in [0.1, 0.15) is 35.6 Å². The average molecular weight is 350 g/mol. The molecule has 1 amide bonds. The summed E-state index contributed by atoms with van der Waals surface area (Å²) in [6, 6.07) is 5.22. The number of hydrogen-bond acceptors (Lipinski definition) is 4. The van der Waals surface area contributed by atoms with Gasteiger partial charge in [-0.1, -0.05) is 32.4 Å². The van der Waals surface area contributed by atoms with Gasteiger partial charge < -0.3 is 10.4 Å². The summed E-state index contributed by atoms with van der Waals surface area (Å²) in [5.41, 5.74) is 0.769. The third-order valence-electron chi connectivity index (χ3n) is 3.87. The van der Waals surface area contributed by atoms with Gasteiger partial charge in [0.2, 0.25) is 0 Å². The molecule has 2 N–H and O–H groups in total. The molecule has 5 nitrogen and oxygen atoms in total. The lowest BCUT2D eigenvalue weighted by molar-refractivity contribution is -0.140. The zero-order chi connectivity index (χ0) is 17.9. The fourth-order valence-corrected chi connectivity index (χ4v) is 3.24. The number of aliphatic carboxylic acids is 1. The maximum Gasteiger partial charge on any atom is 0.326 e. The zero-order valence-electron chi connectivity index (χ0n) is 13.7. The van der Waals surface area contributed by atoms with Crippen molar-refractivity contribution in [3.63, 3.8) is 0 Å². The molecule has 2 aromatic rings. The second-order valence-electron chi connectivity index (χ2n) is 5.59. The number of nitrogens with one attached hydrogen (secondary N) is 1. The van der Waals surface area contributed by atoms with E-state index < -0.39 is 23.7 Å². The molecule has 0 bridgehead atoms. The molecule has 0 spiro atoms. The first-order valence-electron chi connectivity index (χ1n) is 7.61. The quantitative estimate of drug-likeness (QED) is 0.836. The summed E-state index contributed by atoms with van der Waals surface area (Å²) >= 11 is 1.05. The van der Waals surface area contributed by atoms with Crippen molar-refractivity contribution < 1.29 is 19.1 Å².